The van der Waals surface area contributed by atoms with Crippen molar-refractivity contribution >= 4 is 34.9 Å². The van der Waals surface area contributed by atoms with Crippen molar-refractivity contribution in [1.82, 2.24) is 9.88 Å². The summed E-state index contributed by atoms with van der Waals surface area (Å²) < 4.78 is 52.5. The number of alkyl halides is 4. The molecule has 1 aromatic carbocycles. The predicted octanol–water partition coefficient (Wildman–Crippen LogP) is 5.05. The van der Waals surface area contributed by atoms with E-state index in [0.29, 0.717) is 18.4 Å². The summed E-state index contributed by atoms with van der Waals surface area (Å²) in [6.07, 6.45) is -2.20. The molecule has 0 N–H and O–H groups in total. The first-order chi connectivity index (χ1) is 14.6. The third kappa shape index (κ3) is 5.95. The molecule has 1 aliphatic rings. The number of benzene rings is 1. The van der Waals surface area contributed by atoms with Gasteiger partial charge in [0.25, 0.3) is 0 Å². The van der Waals surface area contributed by atoms with Crippen LogP contribution in [-0.2, 0) is 28.7 Å². The van der Waals surface area contributed by atoms with Gasteiger partial charge in [-0.3, -0.25) is 14.6 Å². The number of aromatic nitrogens is 1. The number of halogens is 6. The van der Waals surface area contributed by atoms with Crippen LogP contribution in [0.1, 0.15) is 29.7 Å². The van der Waals surface area contributed by atoms with E-state index in [-0.39, 0.29) is 29.6 Å². The lowest BCUT2D eigenvalue weighted by Crippen LogP contribution is -2.47. The number of ketones is 1. The third-order valence-electron chi connectivity index (χ3n) is 5.03. The topological polar surface area (TPSA) is 50.3 Å². The van der Waals surface area contributed by atoms with Crippen LogP contribution in [-0.4, -0.2) is 33.5 Å². The summed E-state index contributed by atoms with van der Waals surface area (Å²) >= 11 is 11.4. The Morgan fingerprint density at radius 1 is 1.19 bits per heavy atom. The van der Waals surface area contributed by atoms with Crippen LogP contribution < -0.4 is 0 Å². The largest absolute Gasteiger partial charge is 0.416 e. The van der Waals surface area contributed by atoms with Gasteiger partial charge >= 0.3 is 6.18 Å². The van der Waals surface area contributed by atoms with Crippen LogP contribution >= 0.6 is 23.2 Å². The molecule has 4 nitrogen and oxygen atoms in total. The van der Waals surface area contributed by atoms with E-state index in [1.165, 1.54) is 23.2 Å². The Morgan fingerprint density at radius 2 is 1.84 bits per heavy atom. The first-order valence-corrected chi connectivity index (χ1v) is 10.4. The van der Waals surface area contributed by atoms with Crippen LogP contribution in [0.4, 0.5) is 17.6 Å². The molecule has 1 fully saturated rings. The summed E-state index contributed by atoms with van der Waals surface area (Å²) in [5.41, 5.74) is -0.487. The minimum atomic E-state index is -4.48. The predicted molar refractivity (Wildman–Crippen MR) is 107 cm³/mol. The monoisotopic (exact) mass is 476 g/mol. The van der Waals surface area contributed by atoms with Crippen LogP contribution in [0.3, 0.4) is 0 Å². The number of carbonyl (C=O) groups excluding carboxylic acids is 2. The number of amides is 1. The highest BCUT2D eigenvalue weighted by Gasteiger charge is 2.42. The third-order valence-corrected chi connectivity index (χ3v) is 5.46. The van der Waals surface area contributed by atoms with Gasteiger partial charge < -0.3 is 4.90 Å². The Bertz CT molecular complexity index is 963. The highest BCUT2D eigenvalue weighted by atomic mass is 35.5. The fourth-order valence-electron chi connectivity index (χ4n) is 3.36. The zero-order valence-electron chi connectivity index (χ0n) is 16.1. The molecule has 31 heavy (non-hydrogen) atoms. The molecule has 1 atom stereocenters. The van der Waals surface area contributed by atoms with Gasteiger partial charge in [-0.15, -0.1) is 11.6 Å². The molecule has 1 amide bonds. The van der Waals surface area contributed by atoms with Crippen molar-refractivity contribution in [1.29, 1.82) is 0 Å². The number of carbonyl (C=O) groups is 2. The van der Waals surface area contributed by atoms with Crippen molar-refractivity contribution in [2.45, 2.75) is 38.0 Å². The second kappa shape index (κ2) is 9.53. The van der Waals surface area contributed by atoms with E-state index < -0.39 is 41.2 Å². The first-order valence-electron chi connectivity index (χ1n) is 9.44. The van der Waals surface area contributed by atoms with Crippen LogP contribution in [0, 0.1) is 11.7 Å². The molecule has 0 unspecified atom stereocenters. The van der Waals surface area contributed by atoms with Crippen molar-refractivity contribution in [3.05, 3.63) is 64.2 Å². The number of rotatable bonds is 8. The highest BCUT2D eigenvalue weighted by Crippen LogP contribution is 2.37. The first kappa shape index (κ1) is 23.5. The molecule has 10 heteroatoms. The van der Waals surface area contributed by atoms with Gasteiger partial charge in [0, 0.05) is 12.7 Å². The molecule has 1 aromatic heterocycles. The molecule has 0 spiro atoms. The maximum absolute atomic E-state index is 14.1. The Labute approximate surface area is 186 Å². The van der Waals surface area contributed by atoms with E-state index in [9.17, 15) is 27.2 Å². The van der Waals surface area contributed by atoms with E-state index in [0.717, 1.165) is 18.2 Å². The second-order valence-electron chi connectivity index (χ2n) is 7.36. The lowest BCUT2D eigenvalue weighted by Gasteiger charge is -2.31. The van der Waals surface area contributed by atoms with E-state index in [1.54, 1.807) is 0 Å². The minimum Gasteiger partial charge on any atom is -0.327 e. The second-order valence-corrected chi connectivity index (χ2v) is 8.06. The molecule has 3 rings (SSSR count). The Hall–Kier alpha value is -2.19. The number of hydrogen-bond donors (Lipinski definition) is 0. The van der Waals surface area contributed by atoms with Gasteiger partial charge in [0.2, 0.25) is 5.91 Å². The zero-order chi connectivity index (χ0) is 22.8. The molecule has 1 saturated carbocycles. The fourth-order valence-corrected chi connectivity index (χ4v) is 3.66. The molecule has 0 saturated heterocycles. The van der Waals surface area contributed by atoms with Crippen LogP contribution in [0.25, 0.3) is 0 Å². The molecule has 0 bridgehead atoms. The Morgan fingerprint density at radius 3 is 2.35 bits per heavy atom. The van der Waals surface area contributed by atoms with Gasteiger partial charge in [-0.1, -0.05) is 23.7 Å². The van der Waals surface area contributed by atoms with Crippen LogP contribution in [0.2, 0.25) is 5.02 Å². The van der Waals surface area contributed by atoms with Crippen LogP contribution in [0.5, 0.6) is 0 Å². The average molecular weight is 477 g/mol. The van der Waals surface area contributed by atoms with Crippen molar-refractivity contribution in [3.8, 4) is 0 Å². The molecule has 166 valence electrons. The summed E-state index contributed by atoms with van der Waals surface area (Å²) in [4.78, 5) is 30.7. The number of hydrogen-bond acceptors (Lipinski definition) is 3. The normalized spacial score (nSPS) is 14.9. The van der Waals surface area contributed by atoms with Gasteiger partial charge in [-0.2, -0.15) is 13.2 Å². The summed E-state index contributed by atoms with van der Waals surface area (Å²) in [6, 6.07) is 4.52. The van der Waals surface area contributed by atoms with E-state index in [1.807, 2.05) is 0 Å². The molecule has 0 radical (unpaired) electrons. The number of pyridine rings is 1. The fraction of sp³-hybridized carbons (Fsp3) is 0.381. The van der Waals surface area contributed by atoms with Crippen molar-refractivity contribution in [3.63, 3.8) is 0 Å². The smallest absolute Gasteiger partial charge is 0.327 e. The zero-order valence-corrected chi connectivity index (χ0v) is 17.6. The van der Waals surface area contributed by atoms with Gasteiger partial charge in [-0.05, 0) is 42.5 Å². The van der Waals surface area contributed by atoms with Crippen molar-refractivity contribution in [2.24, 2.45) is 5.92 Å². The quantitative estimate of drug-likeness (QED) is 0.395. The Kier molecular flexibility index (Phi) is 7.21. The maximum Gasteiger partial charge on any atom is 0.416 e. The van der Waals surface area contributed by atoms with E-state index in [2.05, 4.69) is 4.98 Å². The van der Waals surface area contributed by atoms with E-state index >= 15 is 0 Å². The highest BCUT2D eigenvalue weighted by molar-refractivity contribution is 6.30. The van der Waals surface area contributed by atoms with Gasteiger partial charge in [-0.25, -0.2) is 4.39 Å². The Balaban J connectivity index is 1.84. The average Bonchev–Trinajstić information content (AvgIpc) is 3.54. The molecule has 0 aliphatic heterocycles. The standard InChI is InChI=1S/C21H18Cl2F4N2O2/c22-9-19(31)29(11-12-1-5-14(6-2-12)21(25,26)27)20(13-3-4-13)18(30)8-17-16(24)7-15(23)10-28-17/h1-2,5-7,10,13,20H,3-4,8-9,11H2/t20-/m0/s1. The maximum atomic E-state index is 14.1. The van der Waals surface area contributed by atoms with Crippen molar-refractivity contribution < 1.29 is 27.2 Å². The number of nitrogens with zero attached hydrogens (tertiary/aromatic N) is 2. The molecule has 2 aromatic rings. The van der Waals surface area contributed by atoms with E-state index in [4.69, 9.17) is 23.2 Å². The SMILES string of the molecule is O=C(Cc1ncc(Cl)cc1F)[C@H](C1CC1)N(Cc1ccc(C(F)(F)F)cc1)C(=O)CCl. The molecular weight excluding hydrogens is 459 g/mol. The molecule has 1 aliphatic carbocycles. The lowest BCUT2D eigenvalue weighted by molar-refractivity contribution is -0.139. The minimum absolute atomic E-state index is 0.0900. The summed E-state index contributed by atoms with van der Waals surface area (Å²) in [5, 5.41) is 0.0914. The van der Waals surface area contributed by atoms with Crippen LogP contribution in [0.15, 0.2) is 36.5 Å². The van der Waals surface area contributed by atoms with Gasteiger partial charge in [0.15, 0.2) is 5.78 Å². The summed E-state index contributed by atoms with van der Waals surface area (Å²) in [6.45, 7) is -0.0902. The number of Topliss-reactive ketones (excluding diaryl/α,β-unsaturated/α-hetero) is 1. The van der Waals surface area contributed by atoms with Gasteiger partial charge in [0.1, 0.15) is 11.7 Å². The molecular formula is C21H18Cl2F4N2O2. The summed E-state index contributed by atoms with van der Waals surface area (Å²) in [5.74, 6) is -2.19. The lowest BCUT2D eigenvalue weighted by atomic mass is 9.99. The van der Waals surface area contributed by atoms with Gasteiger partial charge in [0.05, 0.1) is 28.7 Å². The molecule has 1 heterocycles. The van der Waals surface area contributed by atoms with Crippen molar-refractivity contribution in [2.75, 3.05) is 5.88 Å². The summed E-state index contributed by atoms with van der Waals surface area (Å²) in [7, 11) is 0.